The molecular weight excluding hydrogens is 214 g/mol. The average molecular weight is 241 g/mol. The summed E-state index contributed by atoms with van der Waals surface area (Å²) >= 11 is 0. The first-order chi connectivity index (χ1) is 8.12. The van der Waals surface area contributed by atoms with Crippen LogP contribution in [0.4, 0.5) is 0 Å². The summed E-state index contributed by atoms with van der Waals surface area (Å²) in [5, 5.41) is 8.57. The number of likely N-dealkylation sites (tertiary alicyclic amines) is 1. The van der Waals surface area contributed by atoms with Crippen LogP contribution in [-0.4, -0.2) is 35.6 Å². The second kappa shape index (κ2) is 7.00. The van der Waals surface area contributed by atoms with Crippen molar-refractivity contribution in [3.8, 4) is 0 Å². The number of aliphatic carboxylic acids is 1. The van der Waals surface area contributed by atoms with E-state index in [1.54, 1.807) is 0 Å². The first-order valence-electron chi connectivity index (χ1n) is 7.06. The highest BCUT2D eigenvalue weighted by molar-refractivity contribution is 5.66. The van der Waals surface area contributed by atoms with E-state index >= 15 is 0 Å². The van der Waals surface area contributed by atoms with Gasteiger partial charge in [-0.05, 0) is 50.7 Å². The quantitative estimate of drug-likeness (QED) is 0.696. The van der Waals surface area contributed by atoms with Gasteiger partial charge in [0.05, 0.1) is 0 Å². The SMILES string of the molecule is CCC1(CC)CCN(CCCCC(=O)O)CC1. The van der Waals surface area contributed by atoms with E-state index < -0.39 is 5.97 Å². The van der Waals surface area contributed by atoms with Crippen molar-refractivity contribution in [1.29, 1.82) is 0 Å². The summed E-state index contributed by atoms with van der Waals surface area (Å²) in [5.41, 5.74) is 0.595. The van der Waals surface area contributed by atoms with Crippen LogP contribution in [0.2, 0.25) is 0 Å². The van der Waals surface area contributed by atoms with E-state index in [1.165, 1.54) is 38.8 Å². The predicted octanol–water partition coefficient (Wildman–Crippen LogP) is 3.14. The van der Waals surface area contributed by atoms with Gasteiger partial charge in [-0.25, -0.2) is 0 Å². The van der Waals surface area contributed by atoms with Crippen LogP contribution < -0.4 is 0 Å². The minimum absolute atomic E-state index is 0.321. The van der Waals surface area contributed by atoms with Crippen molar-refractivity contribution >= 4 is 5.97 Å². The van der Waals surface area contributed by atoms with Crippen molar-refractivity contribution in [3.05, 3.63) is 0 Å². The Morgan fingerprint density at radius 3 is 2.24 bits per heavy atom. The van der Waals surface area contributed by atoms with Gasteiger partial charge in [0.25, 0.3) is 0 Å². The van der Waals surface area contributed by atoms with Crippen molar-refractivity contribution in [2.45, 2.75) is 58.8 Å². The minimum atomic E-state index is -0.667. The molecule has 1 N–H and O–H groups in total. The van der Waals surface area contributed by atoms with Crippen LogP contribution in [0, 0.1) is 5.41 Å². The summed E-state index contributed by atoms with van der Waals surface area (Å²) < 4.78 is 0. The molecule has 1 heterocycles. The lowest BCUT2D eigenvalue weighted by Gasteiger charge is -2.41. The molecule has 1 aliphatic rings. The van der Waals surface area contributed by atoms with E-state index in [-0.39, 0.29) is 0 Å². The molecule has 1 saturated heterocycles. The maximum Gasteiger partial charge on any atom is 0.303 e. The number of carbonyl (C=O) groups is 1. The lowest BCUT2D eigenvalue weighted by Crippen LogP contribution is -2.40. The van der Waals surface area contributed by atoms with E-state index in [0.29, 0.717) is 11.8 Å². The van der Waals surface area contributed by atoms with Crippen molar-refractivity contribution in [2.24, 2.45) is 5.41 Å². The van der Waals surface area contributed by atoms with Gasteiger partial charge in [-0.2, -0.15) is 0 Å². The molecule has 0 spiro atoms. The zero-order chi connectivity index (χ0) is 12.7. The normalized spacial score (nSPS) is 20.4. The second-order valence-corrected chi connectivity index (χ2v) is 5.40. The molecule has 17 heavy (non-hydrogen) atoms. The fraction of sp³-hybridized carbons (Fsp3) is 0.929. The fourth-order valence-electron chi connectivity index (χ4n) is 2.82. The first-order valence-corrected chi connectivity index (χ1v) is 7.06. The molecule has 0 amide bonds. The molecule has 0 radical (unpaired) electrons. The topological polar surface area (TPSA) is 40.5 Å². The third-order valence-electron chi connectivity index (χ3n) is 4.53. The number of carboxylic acid groups (broad SMARTS) is 1. The van der Waals surface area contributed by atoms with Gasteiger partial charge in [-0.15, -0.1) is 0 Å². The summed E-state index contributed by atoms with van der Waals surface area (Å²) in [4.78, 5) is 12.9. The minimum Gasteiger partial charge on any atom is -0.481 e. The smallest absolute Gasteiger partial charge is 0.303 e. The van der Waals surface area contributed by atoms with Crippen LogP contribution in [0.15, 0.2) is 0 Å². The second-order valence-electron chi connectivity index (χ2n) is 5.40. The van der Waals surface area contributed by atoms with Gasteiger partial charge in [0.15, 0.2) is 0 Å². The molecule has 0 aromatic rings. The molecule has 0 atom stereocenters. The standard InChI is InChI=1S/C14H27NO2/c1-3-14(4-2)8-11-15(12-9-14)10-6-5-7-13(16)17/h3-12H2,1-2H3,(H,16,17). The van der Waals surface area contributed by atoms with Crippen LogP contribution in [0.25, 0.3) is 0 Å². The van der Waals surface area contributed by atoms with Gasteiger partial charge in [0.1, 0.15) is 0 Å². The first kappa shape index (κ1) is 14.5. The molecule has 1 rings (SSSR count). The summed E-state index contributed by atoms with van der Waals surface area (Å²) in [5.74, 6) is -0.667. The van der Waals surface area contributed by atoms with E-state index in [2.05, 4.69) is 18.7 Å². The number of rotatable bonds is 7. The Balaban J connectivity index is 2.16. The van der Waals surface area contributed by atoms with Gasteiger partial charge in [-0.1, -0.05) is 26.7 Å². The number of carboxylic acids is 1. The maximum atomic E-state index is 10.4. The lowest BCUT2D eigenvalue weighted by atomic mass is 9.74. The Morgan fingerprint density at radius 1 is 1.18 bits per heavy atom. The van der Waals surface area contributed by atoms with Gasteiger partial charge >= 0.3 is 5.97 Å². The Morgan fingerprint density at radius 2 is 1.76 bits per heavy atom. The van der Waals surface area contributed by atoms with Crippen LogP contribution in [0.3, 0.4) is 0 Å². The molecule has 1 fully saturated rings. The van der Waals surface area contributed by atoms with Gasteiger partial charge < -0.3 is 10.0 Å². The fourth-order valence-corrected chi connectivity index (χ4v) is 2.82. The Labute approximate surface area is 105 Å². The van der Waals surface area contributed by atoms with Gasteiger partial charge in [0, 0.05) is 6.42 Å². The van der Waals surface area contributed by atoms with E-state index in [4.69, 9.17) is 5.11 Å². The van der Waals surface area contributed by atoms with Crippen LogP contribution in [0.1, 0.15) is 58.8 Å². The highest BCUT2D eigenvalue weighted by atomic mass is 16.4. The summed E-state index contributed by atoms with van der Waals surface area (Å²) in [6, 6.07) is 0. The Kier molecular flexibility index (Phi) is 5.96. The van der Waals surface area contributed by atoms with Gasteiger partial charge in [-0.3, -0.25) is 4.79 Å². The third-order valence-corrected chi connectivity index (χ3v) is 4.53. The largest absolute Gasteiger partial charge is 0.481 e. The zero-order valence-corrected chi connectivity index (χ0v) is 11.4. The molecule has 0 unspecified atom stereocenters. The predicted molar refractivity (Wildman–Crippen MR) is 70.2 cm³/mol. The molecule has 1 aliphatic heterocycles. The molecular formula is C14H27NO2. The summed E-state index contributed by atoms with van der Waals surface area (Å²) in [6.07, 6.45) is 7.41. The molecule has 0 aromatic heterocycles. The molecule has 3 heteroatoms. The average Bonchev–Trinajstić information content (AvgIpc) is 2.35. The molecule has 100 valence electrons. The molecule has 0 aromatic carbocycles. The van der Waals surface area contributed by atoms with Gasteiger partial charge in [0.2, 0.25) is 0 Å². The van der Waals surface area contributed by atoms with Crippen molar-refractivity contribution in [2.75, 3.05) is 19.6 Å². The van der Waals surface area contributed by atoms with Crippen molar-refractivity contribution in [1.82, 2.24) is 4.90 Å². The van der Waals surface area contributed by atoms with Crippen molar-refractivity contribution < 1.29 is 9.90 Å². The highest BCUT2D eigenvalue weighted by Gasteiger charge is 2.30. The highest BCUT2D eigenvalue weighted by Crippen LogP contribution is 2.37. The monoisotopic (exact) mass is 241 g/mol. The van der Waals surface area contributed by atoms with Crippen LogP contribution >= 0.6 is 0 Å². The van der Waals surface area contributed by atoms with Crippen LogP contribution in [-0.2, 0) is 4.79 Å². The molecule has 0 bridgehead atoms. The summed E-state index contributed by atoms with van der Waals surface area (Å²) in [6.45, 7) is 8.11. The number of hydrogen-bond donors (Lipinski definition) is 1. The molecule has 0 aliphatic carbocycles. The zero-order valence-electron chi connectivity index (χ0n) is 11.4. The Bertz CT molecular complexity index is 226. The Hall–Kier alpha value is -0.570. The van der Waals surface area contributed by atoms with E-state index in [1.807, 2.05) is 0 Å². The number of unbranched alkanes of at least 4 members (excludes halogenated alkanes) is 1. The van der Waals surface area contributed by atoms with E-state index in [9.17, 15) is 4.79 Å². The van der Waals surface area contributed by atoms with Crippen molar-refractivity contribution in [3.63, 3.8) is 0 Å². The number of nitrogens with zero attached hydrogens (tertiary/aromatic N) is 1. The molecule has 3 nitrogen and oxygen atoms in total. The summed E-state index contributed by atoms with van der Waals surface area (Å²) in [7, 11) is 0. The third kappa shape index (κ3) is 4.66. The van der Waals surface area contributed by atoms with E-state index in [0.717, 1.165) is 19.4 Å². The number of hydrogen-bond acceptors (Lipinski definition) is 2. The molecule has 0 saturated carbocycles. The number of piperidine rings is 1. The lowest BCUT2D eigenvalue weighted by molar-refractivity contribution is -0.137. The van der Waals surface area contributed by atoms with Crippen LogP contribution in [0.5, 0.6) is 0 Å². The maximum absolute atomic E-state index is 10.4.